The fourth-order valence-corrected chi connectivity index (χ4v) is 2.27. The standard InChI is InChI=1S/C16H12Cl2O4/c1-21-14-4-2-10(3-5-14)15(19)9-22-16(20)11-6-12(17)8-13(18)7-11/h2-8H,9H2,1H3. The van der Waals surface area contributed by atoms with Gasteiger partial charge in [-0.15, -0.1) is 0 Å². The maximum absolute atomic E-state index is 11.9. The van der Waals surface area contributed by atoms with Crippen LogP contribution < -0.4 is 4.74 Å². The molecule has 0 radical (unpaired) electrons. The summed E-state index contributed by atoms with van der Waals surface area (Å²) in [7, 11) is 1.54. The summed E-state index contributed by atoms with van der Waals surface area (Å²) in [5, 5.41) is 0.641. The number of carbonyl (C=O) groups is 2. The van der Waals surface area contributed by atoms with E-state index in [1.807, 2.05) is 0 Å². The molecule has 0 aliphatic heterocycles. The van der Waals surface area contributed by atoms with Crippen molar-refractivity contribution in [2.24, 2.45) is 0 Å². The van der Waals surface area contributed by atoms with Gasteiger partial charge in [0.25, 0.3) is 0 Å². The molecule has 0 aliphatic rings. The molecular weight excluding hydrogens is 327 g/mol. The van der Waals surface area contributed by atoms with Crippen LogP contribution in [0.5, 0.6) is 5.75 Å². The summed E-state index contributed by atoms with van der Waals surface area (Å²) in [5.41, 5.74) is 0.623. The van der Waals surface area contributed by atoms with Crippen molar-refractivity contribution < 1.29 is 19.1 Å². The molecule has 22 heavy (non-hydrogen) atoms. The molecule has 0 atom stereocenters. The van der Waals surface area contributed by atoms with Crippen LogP contribution >= 0.6 is 23.2 Å². The zero-order chi connectivity index (χ0) is 16.1. The molecule has 114 valence electrons. The molecule has 6 heteroatoms. The van der Waals surface area contributed by atoms with E-state index in [1.165, 1.54) is 25.3 Å². The lowest BCUT2D eigenvalue weighted by atomic mass is 10.1. The van der Waals surface area contributed by atoms with Crippen molar-refractivity contribution in [3.8, 4) is 5.75 Å². The van der Waals surface area contributed by atoms with Crippen molar-refractivity contribution >= 4 is 35.0 Å². The monoisotopic (exact) mass is 338 g/mol. The average Bonchev–Trinajstić information content (AvgIpc) is 2.51. The highest BCUT2D eigenvalue weighted by Gasteiger charge is 2.13. The fourth-order valence-electron chi connectivity index (χ4n) is 1.75. The van der Waals surface area contributed by atoms with Crippen molar-refractivity contribution in [2.45, 2.75) is 0 Å². The third kappa shape index (κ3) is 4.23. The highest BCUT2D eigenvalue weighted by molar-refractivity contribution is 6.35. The Bertz CT molecular complexity index is 676. The Morgan fingerprint density at radius 3 is 2.09 bits per heavy atom. The lowest BCUT2D eigenvalue weighted by Gasteiger charge is -2.06. The molecule has 2 aromatic carbocycles. The van der Waals surface area contributed by atoms with Gasteiger partial charge in [0.05, 0.1) is 12.7 Å². The Kier molecular flexibility index (Phi) is 5.41. The minimum absolute atomic E-state index is 0.194. The smallest absolute Gasteiger partial charge is 0.338 e. The van der Waals surface area contributed by atoms with Crippen molar-refractivity contribution in [3.63, 3.8) is 0 Å². The molecule has 0 N–H and O–H groups in total. The third-order valence-corrected chi connectivity index (χ3v) is 3.28. The molecule has 0 unspecified atom stereocenters. The minimum Gasteiger partial charge on any atom is -0.497 e. The summed E-state index contributed by atoms with van der Waals surface area (Å²) in [6, 6.07) is 10.9. The number of Topliss-reactive ketones (excluding diaryl/α,β-unsaturated/α-hetero) is 1. The zero-order valence-corrected chi connectivity index (χ0v) is 13.1. The number of hydrogen-bond acceptors (Lipinski definition) is 4. The van der Waals surface area contributed by atoms with Crippen LogP contribution in [0.15, 0.2) is 42.5 Å². The lowest BCUT2D eigenvalue weighted by Crippen LogP contribution is -2.14. The van der Waals surface area contributed by atoms with Gasteiger partial charge < -0.3 is 9.47 Å². The number of rotatable bonds is 5. The number of ether oxygens (including phenoxy) is 2. The largest absolute Gasteiger partial charge is 0.497 e. The number of esters is 1. The number of hydrogen-bond donors (Lipinski definition) is 0. The van der Waals surface area contributed by atoms with Crippen molar-refractivity contribution in [2.75, 3.05) is 13.7 Å². The quantitative estimate of drug-likeness (QED) is 0.609. The first-order valence-corrected chi connectivity index (χ1v) is 7.05. The normalized spacial score (nSPS) is 10.1. The lowest BCUT2D eigenvalue weighted by molar-refractivity contribution is 0.0474. The SMILES string of the molecule is COc1ccc(C(=O)COC(=O)c2cc(Cl)cc(Cl)c2)cc1. The first-order valence-electron chi connectivity index (χ1n) is 6.30. The van der Waals surface area contributed by atoms with Crippen molar-refractivity contribution in [1.29, 1.82) is 0 Å². The van der Waals surface area contributed by atoms with E-state index >= 15 is 0 Å². The predicted octanol–water partition coefficient (Wildman–Crippen LogP) is 4.04. The molecule has 2 aromatic rings. The topological polar surface area (TPSA) is 52.6 Å². The van der Waals surface area contributed by atoms with Gasteiger partial charge in [-0.1, -0.05) is 23.2 Å². The van der Waals surface area contributed by atoms with Crippen molar-refractivity contribution in [3.05, 3.63) is 63.6 Å². The van der Waals surface area contributed by atoms with Gasteiger partial charge in [0.15, 0.2) is 12.4 Å². The summed E-state index contributed by atoms with van der Waals surface area (Å²) < 4.78 is 9.98. The second-order valence-corrected chi connectivity index (χ2v) is 5.26. The van der Waals surface area contributed by atoms with Crippen LogP contribution in [0, 0.1) is 0 Å². The molecule has 0 aromatic heterocycles. The highest BCUT2D eigenvalue weighted by Crippen LogP contribution is 2.19. The molecule has 0 spiro atoms. The van der Waals surface area contributed by atoms with E-state index in [9.17, 15) is 9.59 Å². The van der Waals surface area contributed by atoms with E-state index in [4.69, 9.17) is 32.7 Å². The van der Waals surface area contributed by atoms with Crippen LogP contribution in [0.1, 0.15) is 20.7 Å². The summed E-state index contributed by atoms with van der Waals surface area (Å²) in [6.45, 7) is -0.366. The molecule has 0 aliphatic carbocycles. The number of ketones is 1. The fraction of sp³-hybridized carbons (Fsp3) is 0.125. The van der Waals surface area contributed by atoms with E-state index in [0.29, 0.717) is 21.4 Å². The van der Waals surface area contributed by atoms with Crippen LogP contribution in [0.2, 0.25) is 10.0 Å². The number of carbonyl (C=O) groups excluding carboxylic acids is 2. The number of methoxy groups -OCH3 is 1. The molecule has 0 saturated carbocycles. The van der Waals surface area contributed by atoms with E-state index in [-0.39, 0.29) is 18.0 Å². The average molecular weight is 339 g/mol. The molecule has 2 rings (SSSR count). The number of halogens is 2. The first-order chi connectivity index (χ1) is 10.5. The second kappa shape index (κ2) is 7.29. The van der Waals surface area contributed by atoms with Gasteiger partial charge in [-0.2, -0.15) is 0 Å². The molecule has 0 saturated heterocycles. The Morgan fingerprint density at radius 1 is 0.955 bits per heavy atom. The Hall–Kier alpha value is -2.04. The summed E-state index contributed by atoms with van der Waals surface area (Å²) in [6.07, 6.45) is 0. The molecule has 0 fully saturated rings. The van der Waals surface area contributed by atoms with Gasteiger partial charge in [0.2, 0.25) is 0 Å². The Morgan fingerprint density at radius 2 is 1.55 bits per heavy atom. The first kappa shape index (κ1) is 16.3. The van der Waals surface area contributed by atoms with Gasteiger partial charge in [-0.05, 0) is 42.5 Å². The Labute approximate surface area is 137 Å². The van der Waals surface area contributed by atoms with E-state index < -0.39 is 5.97 Å². The molecular formula is C16H12Cl2O4. The maximum Gasteiger partial charge on any atom is 0.338 e. The van der Waals surface area contributed by atoms with Crippen LogP contribution in [0.4, 0.5) is 0 Å². The summed E-state index contributed by atoms with van der Waals surface area (Å²) in [4.78, 5) is 23.8. The van der Waals surface area contributed by atoms with Gasteiger partial charge in [0, 0.05) is 15.6 Å². The van der Waals surface area contributed by atoms with E-state index in [2.05, 4.69) is 0 Å². The Balaban J connectivity index is 1.99. The highest BCUT2D eigenvalue weighted by atomic mass is 35.5. The van der Waals surface area contributed by atoms with Gasteiger partial charge in [-0.25, -0.2) is 4.79 Å². The second-order valence-electron chi connectivity index (χ2n) is 4.39. The molecule has 4 nitrogen and oxygen atoms in total. The van der Waals surface area contributed by atoms with Gasteiger partial charge in [-0.3, -0.25) is 4.79 Å². The summed E-state index contributed by atoms with van der Waals surface area (Å²) >= 11 is 11.6. The van der Waals surface area contributed by atoms with Crippen LogP contribution in [0.3, 0.4) is 0 Å². The molecule has 0 heterocycles. The maximum atomic E-state index is 11.9. The van der Waals surface area contributed by atoms with E-state index in [0.717, 1.165) is 0 Å². The minimum atomic E-state index is -0.661. The third-order valence-electron chi connectivity index (χ3n) is 2.84. The zero-order valence-electron chi connectivity index (χ0n) is 11.6. The van der Waals surface area contributed by atoms with Gasteiger partial charge in [0.1, 0.15) is 5.75 Å². The predicted molar refractivity (Wildman–Crippen MR) is 84.1 cm³/mol. The van der Waals surface area contributed by atoms with Gasteiger partial charge >= 0.3 is 5.97 Å². The van der Waals surface area contributed by atoms with Crippen LogP contribution in [0.25, 0.3) is 0 Å². The number of benzene rings is 2. The summed E-state index contributed by atoms with van der Waals surface area (Å²) in [5.74, 6) is -0.336. The molecule has 0 bridgehead atoms. The van der Waals surface area contributed by atoms with Crippen molar-refractivity contribution in [1.82, 2.24) is 0 Å². The molecule has 0 amide bonds. The van der Waals surface area contributed by atoms with Crippen LogP contribution in [-0.2, 0) is 4.74 Å². The van der Waals surface area contributed by atoms with E-state index in [1.54, 1.807) is 24.3 Å². The van der Waals surface area contributed by atoms with Crippen LogP contribution in [-0.4, -0.2) is 25.5 Å².